The first-order valence-electron chi connectivity index (χ1n) is 3.34. The number of allylic oxidation sites excluding steroid dienone is 2. The van der Waals surface area contributed by atoms with Gasteiger partial charge in [-0.15, -0.1) is 0 Å². The molecule has 0 saturated heterocycles. The van der Waals surface area contributed by atoms with E-state index in [4.69, 9.17) is 0 Å². The molecule has 1 heteroatoms. The lowest BCUT2D eigenvalue weighted by Gasteiger charge is -1.97. The average molecular weight is 125 g/mol. The minimum atomic E-state index is 0.638. The highest BCUT2D eigenvalue weighted by atomic mass is 14.6. The van der Waals surface area contributed by atoms with E-state index in [1.165, 1.54) is 0 Å². The third-order valence-electron chi connectivity index (χ3n) is 1.18. The SMILES string of the molecule is C/C=C/C(C)CC=NC. The average Bonchev–Trinajstić information content (AvgIpc) is 1.85. The second-order valence-electron chi connectivity index (χ2n) is 2.18. The summed E-state index contributed by atoms with van der Waals surface area (Å²) in [4.78, 5) is 3.90. The van der Waals surface area contributed by atoms with Crippen molar-refractivity contribution in [3.63, 3.8) is 0 Å². The Morgan fingerprint density at radius 1 is 1.56 bits per heavy atom. The predicted octanol–water partition coefficient (Wildman–Crippen LogP) is 2.29. The first-order chi connectivity index (χ1) is 4.31. The van der Waals surface area contributed by atoms with Crippen LogP contribution in [0, 0.1) is 5.92 Å². The molecule has 52 valence electrons. The van der Waals surface area contributed by atoms with Gasteiger partial charge in [0.2, 0.25) is 0 Å². The van der Waals surface area contributed by atoms with Crippen molar-refractivity contribution in [2.75, 3.05) is 7.05 Å². The molecule has 0 rings (SSSR count). The molecule has 0 aliphatic carbocycles. The number of hydrogen-bond donors (Lipinski definition) is 0. The normalized spacial score (nSPS) is 15.4. The lowest BCUT2D eigenvalue weighted by Crippen LogP contribution is -1.88. The first-order valence-corrected chi connectivity index (χ1v) is 3.34. The molecule has 0 fully saturated rings. The zero-order valence-corrected chi connectivity index (χ0v) is 6.46. The van der Waals surface area contributed by atoms with E-state index in [-0.39, 0.29) is 0 Å². The van der Waals surface area contributed by atoms with E-state index >= 15 is 0 Å². The molecule has 0 saturated carbocycles. The van der Waals surface area contributed by atoms with Gasteiger partial charge in [-0.2, -0.15) is 0 Å². The molecule has 0 aromatic carbocycles. The van der Waals surface area contributed by atoms with Crippen molar-refractivity contribution in [2.24, 2.45) is 10.9 Å². The molecule has 1 unspecified atom stereocenters. The standard InChI is InChI=1S/C8H15N/c1-4-5-8(2)6-7-9-3/h4-5,7-8H,6H2,1-3H3/b5-4+,9-7?. The Hall–Kier alpha value is -0.590. The molecular weight excluding hydrogens is 110 g/mol. The van der Waals surface area contributed by atoms with Crippen LogP contribution in [-0.4, -0.2) is 13.3 Å². The highest BCUT2D eigenvalue weighted by Gasteiger charge is 1.89. The summed E-state index contributed by atoms with van der Waals surface area (Å²) in [6.45, 7) is 4.22. The largest absolute Gasteiger partial charge is 0.301 e. The van der Waals surface area contributed by atoms with E-state index in [0.29, 0.717) is 5.92 Å². The van der Waals surface area contributed by atoms with Crippen LogP contribution in [0.3, 0.4) is 0 Å². The van der Waals surface area contributed by atoms with Crippen LogP contribution in [0.15, 0.2) is 17.1 Å². The van der Waals surface area contributed by atoms with Gasteiger partial charge in [-0.05, 0) is 25.5 Å². The third-order valence-corrected chi connectivity index (χ3v) is 1.18. The number of rotatable bonds is 3. The summed E-state index contributed by atoms with van der Waals surface area (Å²) in [7, 11) is 1.81. The summed E-state index contributed by atoms with van der Waals surface area (Å²) in [6.07, 6.45) is 7.27. The molecule has 9 heavy (non-hydrogen) atoms. The van der Waals surface area contributed by atoms with Crippen LogP contribution in [0.2, 0.25) is 0 Å². The van der Waals surface area contributed by atoms with Gasteiger partial charge in [-0.25, -0.2) is 0 Å². The Balaban J connectivity index is 3.37. The fourth-order valence-corrected chi connectivity index (χ4v) is 0.679. The maximum Gasteiger partial charge on any atom is 0.0273 e. The maximum absolute atomic E-state index is 3.90. The minimum Gasteiger partial charge on any atom is -0.301 e. The van der Waals surface area contributed by atoms with Gasteiger partial charge in [-0.1, -0.05) is 19.1 Å². The molecule has 0 heterocycles. The second-order valence-corrected chi connectivity index (χ2v) is 2.18. The van der Waals surface area contributed by atoms with Crippen LogP contribution in [0.25, 0.3) is 0 Å². The molecular formula is C8H15N. The van der Waals surface area contributed by atoms with Gasteiger partial charge < -0.3 is 4.99 Å². The summed E-state index contributed by atoms with van der Waals surface area (Å²) in [5.41, 5.74) is 0. The Morgan fingerprint density at radius 2 is 2.22 bits per heavy atom. The van der Waals surface area contributed by atoms with Crippen LogP contribution in [0.5, 0.6) is 0 Å². The van der Waals surface area contributed by atoms with Crippen molar-refractivity contribution in [1.29, 1.82) is 0 Å². The van der Waals surface area contributed by atoms with Crippen molar-refractivity contribution in [2.45, 2.75) is 20.3 Å². The summed E-state index contributed by atoms with van der Waals surface area (Å²) < 4.78 is 0. The smallest absolute Gasteiger partial charge is 0.0273 e. The van der Waals surface area contributed by atoms with Crippen molar-refractivity contribution in [3.8, 4) is 0 Å². The molecule has 1 atom stereocenters. The van der Waals surface area contributed by atoms with Crippen LogP contribution < -0.4 is 0 Å². The molecule has 0 N–H and O–H groups in total. The fourth-order valence-electron chi connectivity index (χ4n) is 0.679. The molecule has 0 spiro atoms. The molecule has 0 aromatic rings. The molecule has 0 amide bonds. The second kappa shape index (κ2) is 5.54. The van der Waals surface area contributed by atoms with E-state index in [1.807, 2.05) is 20.2 Å². The third kappa shape index (κ3) is 5.28. The summed E-state index contributed by atoms with van der Waals surface area (Å²) in [5, 5.41) is 0. The van der Waals surface area contributed by atoms with Gasteiger partial charge in [0.1, 0.15) is 0 Å². The molecule has 0 aliphatic heterocycles. The van der Waals surface area contributed by atoms with Gasteiger partial charge in [-0.3, -0.25) is 0 Å². The zero-order chi connectivity index (χ0) is 7.11. The van der Waals surface area contributed by atoms with Crippen LogP contribution in [0.1, 0.15) is 20.3 Å². The summed E-state index contributed by atoms with van der Waals surface area (Å²) >= 11 is 0. The lowest BCUT2D eigenvalue weighted by atomic mass is 10.1. The summed E-state index contributed by atoms with van der Waals surface area (Å²) in [6, 6.07) is 0. The van der Waals surface area contributed by atoms with Crippen molar-refractivity contribution >= 4 is 6.21 Å². The highest BCUT2D eigenvalue weighted by Crippen LogP contribution is 1.99. The Morgan fingerprint density at radius 3 is 2.67 bits per heavy atom. The Labute approximate surface area is 57.5 Å². The molecule has 0 radical (unpaired) electrons. The monoisotopic (exact) mass is 125 g/mol. The highest BCUT2D eigenvalue weighted by molar-refractivity contribution is 5.57. The lowest BCUT2D eigenvalue weighted by molar-refractivity contribution is 0.775. The van der Waals surface area contributed by atoms with E-state index in [2.05, 4.69) is 24.1 Å². The van der Waals surface area contributed by atoms with Crippen LogP contribution in [0.4, 0.5) is 0 Å². The predicted molar refractivity (Wildman–Crippen MR) is 43.0 cm³/mol. The summed E-state index contributed by atoms with van der Waals surface area (Å²) in [5.74, 6) is 0.638. The number of hydrogen-bond acceptors (Lipinski definition) is 1. The van der Waals surface area contributed by atoms with E-state index < -0.39 is 0 Å². The molecule has 0 bridgehead atoms. The van der Waals surface area contributed by atoms with Crippen molar-refractivity contribution < 1.29 is 0 Å². The number of aliphatic imine (C=N–C) groups is 1. The van der Waals surface area contributed by atoms with Crippen molar-refractivity contribution in [1.82, 2.24) is 0 Å². The van der Waals surface area contributed by atoms with E-state index in [1.54, 1.807) is 0 Å². The van der Waals surface area contributed by atoms with Gasteiger partial charge in [0.15, 0.2) is 0 Å². The quantitative estimate of drug-likeness (QED) is 0.405. The fraction of sp³-hybridized carbons (Fsp3) is 0.625. The minimum absolute atomic E-state index is 0.638. The zero-order valence-electron chi connectivity index (χ0n) is 6.46. The van der Waals surface area contributed by atoms with Crippen molar-refractivity contribution in [3.05, 3.63) is 12.2 Å². The van der Waals surface area contributed by atoms with Crippen LogP contribution in [-0.2, 0) is 0 Å². The molecule has 0 aromatic heterocycles. The molecule has 0 aliphatic rings. The number of nitrogens with zero attached hydrogens (tertiary/aromatic N) is 1. The first kappa shape index (κ1) is 8.41. The van der Waals surface area contributed by atoms with Gasteiger partial charge in [0.25, 0.3) is 0 Å². The Kier molecular flexibility index (Phi) is 5.18. The van der Waals surface area contributed by atoms with Gasteiger partial charge in [0, 0.05) is 7.05 Å². The Bertz CT molecular complexity index is 103. The van der Waals surface area contributed by atoms with Gasteiger partial charge >= 0.3 is 0 Å². The topological polar surface area (TPSA) is 12.4 Å². The van der Waals surface area contributed by atoms with Gasteiger partial charge in [0.05, 0.1) is 0 Å². The molecule has 1 nitrogen and oxygen atoms in total. The van der Waals surface area contributed by atoms with E-state index in [9.17, 15) is 0 Å². The maximum atomic E-state index is 3.90. The van der Waals surface area contributed by atoms with E-state index in [0.717, 1.165) is 6.42 Å². The van der Waals surface area contributed by atoms with Crippen LogP contribution >= 0.6 is 0 Å².